The molecule has 0 spiro atoms. The van der Waals surface area contributed by atoms with Crippen LogP contribution in [0.3, 0.4) is 0 Å². The minimum atomic E-state index is 0.293. The lowest BCUT2D eigenvalue weighted by Crippen LogP contribution is -2.34. The van der Waals surface area contributed by atoms with Crippen LogP contribution in [0.5, 0.6) is 5.88 Å². The van der Waals surface area contributed by atoms with E-state index >= 15 is 0 Å². The van der Waals surface area contributed by atoms with Crippen molar-refractivity contribution in [3.05, 3.63) is 42.2 Å². The Kier molecular flexibility index (Phi) is 4.00. The quantitative estimate of drug-likeness (QED) is 0.537. The maximum absolute atomic E-state index is 5.25. The van der Waals surface area contributed by atoms with Crippen molar-refractivity contribution in [2.45, 2.75) is 25.7 Å². The van der Waals surface area contributed by atoms with Gasteiger partial charge in [0.25, 0.3) is 0 Å². The summed E-state index contributed by atoms with van der Waals surface area (Å²) in [5, 5.41) is 14.2. The van der Waals surface area contributed by atoms with Crippen LogP contribution in [0, 0.1) is 6.92 Å². The summed E-state index contributed by atoms with van der Waals surface area (Å²) < 4.78 is 7.05. The number of nitrogens with zero attached hydrogens (tertiary/aromatic N) is 8. The number of rotatable bonds is 3. The molecule has 1 aliphatic rings. The number of pyridine rings is 1. The highest BCUT2D eigenvalue weighted by Gasteiger charge is 2.27. The van der Waals surface area contributed by atoms with Crippen LogP contribution < -0.4 is 9.64 Å². The number of piperidine rings is 1. The van der Waals surface area contributed by atoms with Gasteiger partial charge in [-0.1, -0.05) is 0 Å². The molecule has 0 bridgehead atoms. The van der Waals surface area contributed by atoms with Crippen LogP contribution in [0.4, 0.5) is 5.82 Å². The molecule has 9 heteroatoms. The topological polar surface area (TPSA) is 94.2 Å². The van der Waals surface area contributed by atoms with Gasteiger partial charge >= 0.3 is 0 Å². The zero-order valence-corrected chi connectivity index (χ0v) is 15.8. The van der Waals surface area contributed by atoms with Crippen molar-refractivity contribution in [1.29, 1.82) is 0 Å². The van der Waals surface area contributed by atoms with Crippen LogP contribution in [0.25, 0.3) is 16.6 Å². The van der Waals surface area contributed by atoms with Crippen molar-refractivity contribution in [2.75, 3.05) is 25.1 Å². The highest BCUT2D eigenvalue weighted by Crippen LogP contribution is 2.31. The largest absolute Gasteiger partial charge is 0.480 e. The number of ether oxygens (including phenoxy) is 1. The second-order valence-corrected chi connectivity index (χ2v) is 6.95. The lowest BCUT2D eigenvalue weighted by atomic mass is 9.96. The Hall–Kier alpha value is -3.36. The van der Waals surface area contributed by atoms with Gasteiger partial charge in [0, 0.05) is 36.7 Å². The van der Waals surface area contributed by atoms with Crippen molar-refractivity contribution in [3.8, 4) is 5.88 Å². The number of hydrogen-bond donors (Lipinski definition) is 0. The number of fused-ring (bicyclic) bond motifs is 2. The van der Waals surface area contributed by atoms with Crippen molar-refractivity contribution in [2.24, 2.45) is 0 Å². The summed E-state index contributed by atoms with van der Waals surface area (Å²) in [6, 6.07) is 5.66. The van der Waals surface area contributed by atoms with Crippen LogP contribution in [0.2, 0.25) is 0 Å². The zero-order valence-electron chi connectivity index (χ0n) is 15.8. The molecular formula is C19H20N8O. The van der Waals surface area contributed by atoms with E-state index in [2.05, 4.69) is 30.2 Å². The number of aryl methyl sites for hydroxylation is 1. The Morgan fingerprint density at radius 2 is 1.93 bits per heavy atom. The fourth-order valence-corrected chi connectivity index (χ4v) is 3.82. The smallest absolute Gasteiger partial charge is 0.231 e. The van der Waals surface area contributed by atoms with Gasteiger partial charge in [0.1, 0.15) is 11.6 Å². The molecule has 0 aromatic carbocycles. The highest BCUT2D eigenvalue weighted by atomic mass is 16.5. The number of methoxy groups -OCH3 is 1. The monoisotopic (exact) mass is 376 g/mol. The van der Waals surface area contributed by atoms with Crippen molar-refractivity contribution < 1.29 is 4.74 Å². The van der Waals surface area contributed by atoms with Crippen LogP contribution in [0.15, 0.2) is 30.6 Å². The van der Waals surface area contributed by atoms with Gasteiger partial charge in [-0.15, -0.1) is 15.3 Å². The molecule has 0 N–H and O–H groups in total. The standard InChI is InChI=1S/C19H20N8O/c1-12-21-15-11-20-8-5-14(15)19(22-12)26-9-6-13(7-10-26)18-24-23-16-3-4-17(28-2)25-27(16)18/h3-5,8,11,13H,6-7,9-10H2,1-2H3. The third-order valence-electron chi connectivity index (χ3n) is 5.22. The van der Waals surface area contributed by atoms with Gasteiger partial charge in [0.2, 0.25) is 5.88 Å². The van der Waals surface area contributed by atoms with Crippen LogP contribution >= 0.6 is 0 Å². The maximum Gasteiger partial charge on any atom is 0.231 e. The summed E-state index contributed by atoms with van der Waals surface area (Å²) in [4.78, 5) is 15.7. The number of anilines is 1. The summed E-state index contributed by atoms with van der Waals surface area (Å²) in [7, 11) is 1.61. The first kappa shape index (κ1) is 16.8. The zero-order chi connectivity index (χ0) is 19.1. The summed E-state index contributed by atoms with van der Waals surface area (Å²) >= 11 is 0. The molecule has 1 fully saturated rings. The molecule has 4 aromatic heterocycles. The molecule has 0 radical (unpaired) electrons. The van der Waals surface area contributed by atoms with Gasteiger partial charge in [0.05, 0.1) is 18.8 Å². The average Bonchev–Trinajstić information content (AvgIpc) is 3.16. The molecule has 0 atom stereocenters. The molecule has 28 heavy (non-hydrogen) atoms. The first-order chi connectivity index (χ1) is 13.7. The minimum absolute atomic E-state index is 0.293. The molecule has 1 saturated heterocycles. The van der Waals surface area contributed by atoms with Crippen molar-refractivity contribution in [3.63, 3.8) is 0 Å². The molecule has 0 saturated carbocycles. The Morgan fingerprint density at radius 3 is 2.75 bits per heavy atom. The second kappa shape index (κ2) is 6.66. The summed E-state index contributed by atoms with van der Waals surface area (Å²) in [6.45, 7) is 3.69. The van der Waals surface area contributed by atoms with E-state index < -0.39 is 0 Å². The van der Waals surface area contributed by atoms with Crippen LogP contribution in [0.1, 0.15) is 30.4 Å². The van der Waals surface area contributed by atoms with Crippen molar-refractivity contribution in [1.82, 2.24) is 34.8 Å². The minimum Gasteiger partial charge on any atom is -0.480 e. The first-order valence-corrected chi connectivity index (χ1v) is 9.32. The van der Waals surface area contributed by atoms with E-state index in [0.29, 0.717) is 11.8 Å². The predicted octanol–water partition coefficient (Wildman–Crippen LogP) is 2.16. The predicted molar refractivity (Wildman–Crippen MR) is 104 cm³/mol. The molecule has 5 heterocycles. The third kappa shape index (κ3) is 2.79. The fourth-order valence-electron chi connectivity index (χ4n) is 3.82. The van der Waals surface area contributed by atoms with Crippen molar-refractivity contribution >= 4 is 22.4 Å². The summed E-state index contributed by atoms with van der Waals surface area (Å²) in [5.41, 5.74) is 1.62. The van der Waals surface area contributed by atoms with E-state index in [1.54, 1.807) is 30.1 Å². The molecule has 142 valence electrons. The van der Waals surface area contributed by atoms with Crippen LogP contribution in [-0.4, -0.2) is 55.0 Å². The molecule has 4 aromatic rings. The number of hydrogen-bond acceptors (Lipinski definition) is 8. The fraction of sp³-hybridized carbons (Fsp3) is 0.368. The lowest BCUT2D eigenvalue weighted by molar-refractivity contribution is 0.387. The van der Waals surface area contributed by atoms with E-state index in [9.17, 15) is 0 Å². The Balaban J connectivity index is 1.42. The van der Waals surface area contributed by atoms with Crippen LogP contribution in [-0.2, 0) is 0 Å². The summed E-state index contributed by atoms with van der Waals surface area (Å²) in [5.74, 6) is 3.48. The molecule has 0 aliphatic carbocycles. The molecule has 9 nitrogen and oxygen atoms in total. The van der Waals surface area contributed by atoms with E-state index in [1.165, 1.54) is 0 Å². The normalized spacial score (nSPS) is 15.4. The molecular weight excluding hydrogens is 356 g/mol. The highest BCUT2D eigenvalue weighted by molar-refractivity contribution is 5.88. The number of aromatic nitrogens is 7. The average molecular weight is 376 g/mol. The van der Waals surface area contributed by atoms with Gasteiger partial charge in [0.15, 0.2) is 11.5 Å². The lowest BCUT2D eigenvalue weighted by Gasteiger charge is -2.32. The van der Waals surface area contributed by atoms with Gasteiger partial charge in [-0.3, -0.25) is 4.98 Å². The SMILES string of the molecule is COc1ccc2nnc(C3CCN(c4nc(C)nc5cnccc45)CC3)n2n1. The van der Waals surface area contributed by atoms with Gasteiger partial charge in [-0.25, -0.2) is 9.97 Å². The van der Waals surface area contributed by atoms with Gasteiger partial charge in [-0.2, -0.15) is 4.52 Å². The Labute approximate surface area is 161 Å². The van der Waals surface area contributed by atoms with Gasteiger partial charge in [-0.05, 0) is 31.9 Å². The maximum atomic E-state index is 5.25. The first-order valence-electron chi connectivity index (χ1n) is 9.32. The molecule has 0 amide bonds. The molecule has 5 rings (SSSR count). The van der Waals surface area contributed by atoms with E-state index in [1.807, 2.05) is 19.1 Å². The third-order valence-corrected chi connectivity index (χ3v) is 5.22. The summed E-state index contributed by atoms with van der Waals surface area (Å²) in [6.07, 6.45) is 5.49. The van der Waals surface area contributed by atoms with E-state index in [4.69, 9.17) is 9.72 Å². The van der Waals surface area contributed by atoms with E-state index in [0.717, 1.165) is 59.9 Å². The second-order valence-electron chi connectivity index (χ2n) is 6.95. The molecule has 1 aliphatic heterocycles. The Bertz CT molecular complexity index is 1150. The molecule has 0 unspecified atom stereocenters. The van der Waals surface area contributed by atoms with E-state index in [-0.39, 0.29) is 0 Å². The van der Waals surface area contributed by atoms with Gasteiger partial charge < -0.3 is 9.64 Å². The Morgan fingerprint density at radius 1 is 1.07 bits per heavy atom.